The predicted octanol–water partition coefficient (Wildman–Crippen LogP) is 3.40. The minimum absolute atomic E-state index is 0.182. The Bertz CT molecular complexity index is 939. The van der Waals surface area contributed by atoms with Crippen molar-refractivity contribution in [2.45, 2.75) is 51.2 Å². The van der Waals surface area contributed by atoms with Crippen molar-refractivity contribution in [3.8, 4) is 0 Å². The molecule has 2 bridgehead atoms. The number of amides is 1. The van der Waals surface area contributed by atoms with E-state index < -0.39 is 23.2 Å². The molecule has 162 valence electrons. The minimum atomic E-state index is -1.43. The first-order valence-electron chi connectivity index (χ1n) is 10.7. The topological polar surface area (TPSA) is 94.7 Å². The van der Waals surface area contributed by atoms with Gasteiger partial charge in [0.15, 0.2) is 0 Å². The number of para-hydroxylation sites is 1. The van der Waals surface area contributed by atoms with Crippen molar-refractivity contribution in [2.75, 3.05) is 19.6 Å². The van der Waals surface area contributed by atoms with E-state index in [4.69, 9.17) is 4.74 Å². The van der Waals surface area contributed by atoms with Crippen molar-refractivity contribution >= 4 is 23.0 Å². The van der Waals surface area contributed by atoms with Crippen LogP contribution in [0.2, 0.25) is 0 Å². The number of alkyl carbamates (subject to hydrolysis) is 1. The number of ether oxygens (including phenoxy) is 1. The summed E-state index contributed by atoms with van der Waals surface area (Å²) in [7, 11) is 0. The SMILES string of the molecule is CC(C)(C)OC(=O)N[C@@](Cc1c[nH]c2ccccc12)(C(=O)O)C1CN2CCC1CC2. The van der Waals surface area contributed by atoms with Crippen LogP contribution in [0, 0.1) is 11.8 Å². The number of carbonyl (C=O) groups excluding carboxylic acids is 1. The fourth-order valence-corrected chi connectivity index (χ4v) is 5.14. The maximum Gasteiger partial charge on any atom is 0.408 e. The van der Waals surface area contributed by atoms with E-state index >= 15 is 0 Å². The highest BCUT2D eigenvalue weighted by Crippen LogP contribution is 2.41. The number of aromatic nitrogens is 1. The number of nitrogens with zero attached hydrogens (tertiary/aromatic N) is 1. The van der Waals surface area contributed by atoms with Crippen molar-refractivity contribution in [1.82, 2.24) is 15.2 Å². The summed E-state index contributed by atoms with van der Waals surface area (Å²) in [6.45, 7) is 8.01. The summed E-state index contributed by atoms with van der Waals surface area (Å²) in [6, 6.07) is 7.84. The Morgan fingerprint density at radius 2 is 1.93 bits per heavy atom. The second kappa shape index (κ2) is 7.61. The zero-order valence-corrected chi connectivity index (χ0v) is 17.9. The van der Waals surface area contributed by atoms with Gasteiger partial charge in [0.1, 0.15) is 11.1 Å². The molecule has 4 heterocycles. The van der Waals surface area contributed by atoms with E-state index in [-0.39, 0.29) is 18.3 Å². The van der Waals surface area contributed by atoms with Crippen LogP contribution in [-0.2, 0) is 16.0 Å². The number of benzene rings is 1. The average Bonchev–Trinajstić information content (AvgIpc) is 3.09. The molecule has 1 aromatic carbocycles. The lowest BCUT2D eigenvalue weighted by molar-refractivity contribution is -0.151. The van der Waals surface area contributed by atoms with Crippen LogP contribution in [0.3, 0.4) is 0 Å². The van der Waals surface area contributed by atoms with Gasteiger partial charge in [-0.05, 0) is 64.3 Å². The molecule has 3 aliphatic heterocycles. The molecule has 30 heavy (non-hydrogen) atoms. The lowest BCUT2D eigenvalue weighted by Crippen LogP contribution is -2.67. The number of hydrogen-bond acceptors (Lipinski definition) is 4. The Morgan fingerprint density at radius 3 is 2.53 bits per heavy atom. The fraction of sp³-hybridized carbons (Fsp3) is 0.565. The Morgan fingerprint density at radius 1 is 1.23 bits per heavy atom. The number of carbonyl (C=O) groups is 2. The molecular weight excluding hydrogens is 382 g/mol. The number of nitrogens with one attached hydrogen (secondary N) is 2. The molecule has 0 spiro atoms. The Hall–Kier alpha value is -2.54. The van der Waals surface area contributed by atoms with Crippen molar-refractivity contribution < 1.29 is 19.4 Å². The van der Waals surface area contributed by atoms with Crippen molar-refractivity contribution in [3.63, 3.8) is 0 Å². The van der Waals surface area contributed by atoms with E-state index in [9.17, 15) is 14.7 Å². The quantitative estimate of drug-likeness (QED) is 0.698. The van der Waals surface area contributed by atoms with Crippen LogP contribution in [0.25, 0.3) is 10.9 Å². The van der Waals surface area contributed by atoms with Gasteiger partial charge in [-0.3, -0.25) is 0 Å². The van der Waals surface area contributed by atoms with Crippen LogP contribution in [0.4, 0.5) is 4.79 Å². The summed E-state index contributed by atoms with van der Waals surface area (Å²) in [5.74, 6) is -0.915. The third kappa shape index (κ3) is 3.90. The Kier molecular flexibility index (Phi) is 5.26. The molecule has 0 saturated carbocycles. The minimum Gasteiger partial charge on any atom is -0.479 e. The zero-order chi connectivity index (χ0) is 21.5. The molecule has 3 saturated heterocycles. The van der Waals surface area contributed by atoms with Gasteiger partial charge >= 0.3 is 12.1 Å². The van der Waals surface area contributed by atoms with E-state index in [0.717, 1.165) is 42.4 Å². The van der Waals surface area contributed by atoms with Gasteiger partial charge in [0, 0.05) is 36.0 Å². The first-order chi connectivity index (χ1) is 14.2. The number of H-pyrrole nitrogens is 1. The Balaban J connectivity index is 1.74. The molecule has 3 fully saturated rings. The van der Waals surface area contributed by atoms with E-state index in [1.807, 2.05) is 30.5 Å². The fourth-order valence-electron chi connectivity index (χ4n) is 5.14. The summed E-state index contributed by atoms with van der Waals surface area (Å²) in [5.41, 5.74) is -0.292. The van der Waals surface area contributed by atoms with Gasteiger partial charge in [-0.25, -0.2) is 9.59 Å². The number of aromatic amines is 1. The molecular formula is C23H31N3O4. The van der Waals surface area contributed by atoms with Crippen LogP contribution in [-0.4, -0.2) is 57.8 Å². The van der Waals surface area contributed by atoms with Crippen molar-refractivity contribution in [3.05, 3.63) is 36.0 Å². The van der Waals surface area contributed by atoms with Crippen LogP contribution in [0.15, 0.2) is 30.5 Å². The van der Waals surface area contributed by atoms with Crippen molar-refractivity contribution in [2.24, 2.45) is 11.8 Å². The lowest BCUT2D eigenvalue weighted by atomic mass is 9.66. The summed E-state index contributed by atoms with van der Waals surface area (Å²) in [4.78, 5) is 31.2. The second-order valence-electron chi connectivity index (χ2n) is 9.68. The van der Waals surface area contributed by atoms with E-state index in [0.29, 0.717) is 6.54 Å². The monoisotopic (exact) mass is 413 g/mol. The number of aliphatic carboxylic acids is 1. The molecule has 7 nitrogen and oxygen atoms in total. The number of carboxylic acid groups (broad SMARTS) is 1. The molecule has 0 aliphatic carbocycles. The van der Waals surface area contributed by atoms with E-state index in [1.165, 1.54) is 0 Å². The van der Waals surface area contributed by atoms with Gasteiger partial charge in [0.25, 0.3) is 0 Å². The maximum atomic E-state index is 12.9. The van der Waals surface area contributed by atoms with Crippen LogP contribution >= 0.6 is 0 Å². The highest BCUT2D eigenvalue weighted by atomic mass is 16.6. The van der Waals surface area contributed by atoms with Gasteiger partial charge in [0.05, 0.1) is 0 Å². The maximum absolute atomic E-state index is 12.9. The van der Waals surface area contributed by atoms with E-state index in [2.05, 4.69) is 15.2 Å². The van der Waals surface area contributed by atoms with Gasteiger partial charge in [0.2, 0.25) is 0 Å². The standard InChI is InChI=1S/C23H31N3O4/c1-22(2,3)30-21(29)25-23(20(27)28,18-14-26-10-8-15(18)9-11-26)12-16-13-24-19-7-5-4-6-17(16)19/h4-7,13,15,18,24H,8-12,14H2,1-3H3,(H,25,29)(H,27,28)/t18?,23-/m1/s1. The molecule has 3 aliphatic rings. The number of fused-ring (bicyclic) bond motifs is 4. The highest BCUT2D eigenvalue weighted by Gasteiger charge is 2.54. The number of rotatable bonds is 5. The molecule has 1 aromatic heterocycles. The lowest BCUT2D eigenvalue weighted by Gasteiger charge is -2.51. The Labute approximate surface area is 176 Å². The third-order valence-electron chi connectivity index (χ3n) is 6.54. The zero-order valence-electron chi connectivity index (χ0n) is 17.9. The largest absolute Gasteiger partial charge is 0.479 e. The van der Waals surface area contributed by atoms with Gasteiger partial charge in [-0.2, -0.15) is 0 Å². The van der Waals surface area contributed by atoms with Crippen LogP contribution in [0.5, 0.6) is 0 Å². The summed E-state index contributed by atoms with van der Waals surface area (Å²) in [5, 5.41) is 14.3. The second-order valence-corrected chi connectivity index (χ2v) is 9.68. The van der Waals surface area contributed by atoms with E-state index in [1.54, 1.807) is 20.8 Å². The number of carboxylic acids is 1. The average molecular weight is 414 g/mol. The third-order valence-corrected chi connectivity index (χ3v) is 6.54. The van der Waals surface area contributed by atoms with Gasteiger partial charge in [-0.1, -0.05) is 18.2 Å². The molecule has 2 atom stereocenters. The molecule has 0 radical (unpaired) electrons. The number of piperidine rings is 3. The molecule has 2 aromatic rings. The molecule has 1 unspecified atom stereocenters. The first kappa shape index (κ1) is 20.7. The molecule has 3 N–H and O–H groups in total. The predicted molar refractivity (Wildman–Crippen MR) is 114 cm³/mol. The molecule has 1 amide bonds. The number of hydrogen-bond donors (Lipinski definition) is 3. The summed E-state index contributed by atoms with van der Waals surface area (Å²) >= 11 is 0. The molecule has 7 heteroatoms. The van der Waals surface area contributed by atoms with Crippen LogP contribution < -0.4 is 5.32 Å². The van der Waals surface area contributed by atoms with Gasteiger partial charge in [-0.15, -0.1) is 0 Å². The highest BCUT2D eigenvalue weighted by molar-refractivity contribution is 5.88. The first-order valence-corrected chi connectivity index (χ1v) is 10.7. The van der Waals surface area contributed by atoms with Crippen molar-refractivity contribution in [1.29, 1.82) is 0 Å². The smallest absolute Gasteiger partial charge is 0.408 e. The summed E-state index contributed by atoms with van der Waals surface area (Å²) in [6.07, 6.45) is 3.31. The van der Waals surface area contributed by atoms with Crippen LogP contribution in [0.1, 0.15) is 39.2 Å². The van der Waals surface area contributed by atoms with Gasteiger partial charge < -0.3 is 25.0 Å². The normalized spacial score (nSPS) is 25.6. The molecule has 5 rings (SSSR count). The summed E-state index contributed by atoms with van der Waals surface area (Å²) < 4.78 is 5.49.